The van der Waals surface area contributed by atoms with Crippen molar-refractivity contribution in [2.45, 2.75) is 13.0 Å². The van der Waals surface area contributed by atoms with Crippen LogP contribution in [-0.2, 0) is 0 Å². The van der Waals surface area contributed by atoms with Gasteiger partial charge in [-0.15, -0.1) is 0 Å². The van der Waals surface area contributed by atoms with Crippen molar-refractivity contribution in [3.8, 4) is 0 Å². The Hall–Kier alpha value is -2.30. The molecule has 1 amide bonds. The number of hydrogen-bond acceptors (Lipinski definition) is 3. The van der Waals surface area contributed by atoms with E-state index in [1.807, 2.05) is 13.0 Å². The minimum Gasteiger partial charge on any atom is -0.422 e. The Morgan fingerprint density at radius 1 is 1.12 bits per heavy atom. The summed E-state index contributed by atoms with van der Waals surface area (Å²) in [4.78, 5) is 26.4. The van der Waals surface area contributed by atoms with Crippen LogP contribution in [0.3, 0.4) is 0 Å². The first-order chi connectivity index (χ1) is 11.9. The molecule has 1 heterocycles. The highest BCUT2D eigenvalue weighted by atomic mass is 35.5. The predicted molar refractivity (Wildman–Crippen MR) is 99.5 cm³/mol. The lowest BCUT2D eigenvalue weighted by atomic mass is 10.1. The van der Waals surface area contributed by atoms with Gasteiger partial charge in [-0.3, -0.25) is 4.79 Å². The Morgan fingerprint density at radius 3 is 2.56 bits per heavy atom. The molecule has 0 saturated heterocycles. The summed E-state index contributed by atoms with van der Waals surface area (Å²) < 4.78 is 5.24. The Morgan fingerprint density at radius 2 is 1.84 bits per heavy atom. The average Bonchev–Trinajstić information content (AvgIpc) is 2.59. The fourth-order valence-corrected chi connectivity index (χ4v) is 3.19. The number of rotatable bonds is 3. The molecule has 0 aliphatic heterocycles. The maximum absolute atomic E-state index is 12.8. The van der Waals surface area contributed by atoms with Gasteiger partial charge in [0.1, 0.15) is 11.1 Å². The van der Waals surface area contributed by atoms with Gasteiger partial charge in [0.05, 0.1) is 6.04 Å². The number of para-hydroxylation sites is 1. The minimum absolute atomic E-state index is 0.0156. The van der Waals surface area contributed by atoms with Crippen molar-refractivity contribution in [3.05, 3.63) is 80.1 Å². The lowest BCUT2D eigenvalue weighted by Crippen LogP contribution is -2.33. The molecular formula is C19H15Cl2NO3. The molecule has 0 aliphatic carbocycles. The lowest BCUT2D eigenvalue weighted by Gasteiger charge is -2.26. The summed E-state index contributed by atoms with van der Waals surface area (Å²) in [5.74, 6) is -0.432. The normalized spacial score (nSPS) is 12.2. The Balaban J connectivity index is 1.97. The van der Waals surface area contributed by atoms with E-state index in [4.69, 9.17) is 27.6 Å². The van der Waals surface area contributed by atoms with Gasteiger partial charge in [-0.05, 0) is 36.8 Å². The molecule has 0 aliphatic rings. The van der Waals surface area contributed by atoms with Gasteiger partial charge in [-0.2, -0.15) is 0 Å². The van der Waals surface area contributed by atoms with Gasteiger partial charge in [0.2, 0.25) is 0 Å². The van der Waals surface area contributed by atoms with Gasteiger partial charge in [-0.25, -0.2) is 4.79 Å². The molecule has 0 N–H and O–H groups in total. The first-order valence-corrected chi connectivity index (χ1v) is 8.39. The molecule has 1 aromatic heterocycles. The monoisotopic (exact) mass is 375 g/mol. The van der Waals surface area contributed by atoms with E-state index in [-0.39, 0.29) is 11.6 Å². The van der Waals surface area contributed by atoms with E-state index in [9.17, 15) is 9.59 Å². The van der Waals surface area contributed by atoms with Crippen LogP contribution >= 0.6 is 23.2 Å². The van der Waals surface area contributed by atoms with Crippen molar-refractivity contribution < 1.29 is 9.21 Å². The van der Waals surface area contributed by atoms with Crippen molar-refractivity contribution in [1.82, 2.24) is 4.90 Å². The van der Waals surface area contributed by atoms with Gasteiger partial charge < -0.3 is 9.32 Å². The first kappa shape index (κ1) is 17.5. The third-order valence-electron chi connectivity index (χ3n) is 4.19. The summed E-state index contributed by atoms with van der Waals surface area (Å²) in [6.07, 6.45) is 0. The van der Waals surface area contributed by atoms with Gasteiger partial charge in [0, 0.05) is 22.5 Å². The van der Waals surface area contributed by atoms with Crippen molar-refractivity contribution in [3.63, 3.8) is 0 Å². The zero-order valence-electron chi connectivity index (χ0n) is 13.6. The second kappa shape index (κ2) is 6.90. The summed E-state index contributed by atoms with van der Waals surface area (Å²) in [6, 6.07) is 13.4. The number of carbonyl (C=O) groups excluding carboxylic acids is 1. The van der Waals surface area contributed by atoms with Crippen LogP contribution in [-0.4, -0.2) is 17.9 Å². The van der Waals surface area contributed by atoms with E-state index in [0.29, 0.717) is 21.0 Å². The van der Waals surface area contributed by atoms with Gasteiger partial charge in [0.25, 0.3) is 5.91 Å². The lowest BCUT2D eigenvalue weighted by molar-refractivity contribution is 0.0738. The Labute approximate surface area is 154 Å². The zero-order chi connectivity index (χ0) is 18.1. The van der Waals surface area contributed by atoms with E-state index in [1.165, 1.54) is 4.90 Å². The topological polar surface area (TPSA) is 50.5 Å². The smallest absolute Gasteiger partial charge is 0.349 e. The summed E-state index contributed by atoms with van der Waals surface area (Å²) in [7, 11) is 1.62. The number of benzene rings is 2. The number of amides is 1. The van der Waals surface area contributed by atoms with Crippen LogP contribution in [0.4, 0.5) is 0 Å². The molecule has 0 bridgehead atoms. The van der Waals surface area contributed by atoms with Crippen molar-refractivity contribution in [2.75, 3.05) is 7.05 Å². The molecule has 2 aromatic carbocycles. The Bertz CT molecular complexity index is 1010. The number of nitrogens with zero attached hydrogens (tertiary/aromatic N) is 1. The highest BCUT2D eigenvalue weighted by Gasteiger charge is 2.24. The van der Waals surface area contributed by atoms with E-state index in [2.05, 4.69) is 0 Å². The SMILES string of the molecule is CC(c1ccc(Cl)cc1Cl)N(C)C(=O)c1cc2ccccc2oc1=O. The quantitative estimate of drug-likeness (QED) is 0.609. The van der Waals surface area contributed by atoms with Gasteiger partial charge in [-0.1, -0.05) is 47.5 Å². The molecule has 0 radical (unpaired) electrons. The van der Waals surface area contributed by atoms with Crippen LogP contribution in [0, 0.1) is 0 Å². The largest absolute Gasteiger partial charge is 0.422 e. The minimum atomic E-state index is -0.662. The average molecular weight is 376 g/mol. The fraction of sp³-hybridized carbons (Fsp3) is 0.158. The summed E-state index contributed by atoms with van der Waals surface area (Å²) >= 11 is 12.1. The van der Waals surface area contributed by atoms with Crippen LogP contribution in [0.25, 0.3) is 11.0 Å². The molecule has 25 heavy (non-hydrogen) atoms. The first-order valence-electron chi connectivity index (χ1n) is 7.63. The summed E-state index contributed by atoms with van der Waals surface area (Å²) in [5.41, 5.74) is 0.510. The van der Waals surface area contributed by atoms with Crippen LogP contribution in [0.15, 0.2) is 57.7 Å². The molecule has 0 saturated carbocycles. The summed E-state index contributed by atoms with van der Waals surface area (Å²) in [6.45, 7) is 1.83. The second-order valence-corrected chi connectivity index (χ2v) is 6.59. The highest BCUT2D eigenvalue weighted by Crippen LogP contribution is 2.29. The second-order valence-electron chi connectivity index (χ2n) is 5.74. The van der Waals surface area contributed by atoms with Crippen LogP contribution in [0.2, 0.25) is 10.0 Å². The molecule has 0 spiro atoms. The molecule has 1 unspecified atom stereocenters. The van der Waals surface area contributed by atoms with E-state index in [1.54, 1.807) is 49.5 Å². The van der Waals surface area contributed by atoms with E-state index < -0.39 is 11.5 Å². The molecule has 4 nitrogen and oxygen atoms in total. The van der Waals surface area contributed by atoms with Gasteiger partial charge >= 0.3 is 5.63 Å². The van der Waals surface area contributed by atoms with Crippen LogP contribution < -0.4 is 5.63 Å². The van der Waals surface area contributed by atoms with Gasteiger partial charge in [0.15, 0.2) is 0 Å². The molecule has 0 fully saturated rings. The van der Waals surface area contributed by atoms with Crippen LogP contribution in [0.1, 0.15) is 28.9 Å². The number of hydrogen-bond donors (Lipinski definition) is 0. The van der Waals surface area contributed by atoms with Crippen molar-refractivity contribution >= 4 is 40.1 Å². The van der Waals surface area contributed by atoms with E-state index >= 15 is 0 Å². The van der Waals surface area contributed by atoms with Crippen molar-refractivity contribution in [1.29, 1.82) is 0 Å². The molecule has 128 valence electrons. The zero-order valence-corrected chi connectivity index (χ0v) is 15.1. The molecular weight excluding hydrogens is 361 g/mol. The Kier molecular flexibility index (Phi) is 4.84. The fourth-order valence-electron chi connectivity index (χ4n) is 2.63. The molecule has 1 atom stereocenters. The highest BCUT2D eigenvalue weighted by molar-refractivity contribution is 6.35. The third-order valence-corrected chi connectivity index (χ3v) is 4.75. The van der Waals surface area contributed by atoms with Crippen molar-refractivity contribution in [2.24, 2.45) is 0 Å². The molecule has 3 rings (SSSR count). The number of carbonyl (C=O) groups is 1. The maximum atomic E-state index is 12.8. The maximum Gasteiger partial charge on any atom is 0.349 e. The third kappa shape index (κ3) is 3.41. The van der Waals surface area contributed by atoms with E-state index in [0.717, 1.165) is 5.56 Å². The standard InChI is InChI=1S/C19H15Cl2NO3/c1-11(14-8-7-13(20)10-16(14)21)22(2)18(23)15-9-12-5-3-4-6-17(12)25-19(15)24/h3-11H,1-2H3. The number of fused-ring (bicyclic) bond motifs is 1. The summed E-state index contributed by atoms with van der Waals surface area (Å²) in [5, 5.41) is 1.67. The number of halogens is 2. The molecule has 3 aromatic rings. The predicted octanol–water partition coefficient (Wildman–Crippen LogP) is 4.93. The molecule has 6 heteroatoms. The van der Waals surface area contributed by atoms with Crippen LogP contribution in [0.5, 0.6) is 0 Å².